The van der Waals surface area contributed by atoms with E-state index in [1.807, 2.05) is 27.7 Å². The van der Waals surface area contributed by atoms with Gasteiger partial charge in [0.25, 0.3) is 0 Å². The molecule has 1 heterocycles. The van der Waals surface area contributed by atoms with Crippen LogP contribution in [0.15, 0.2) is 24.3 Å². The van der Waals surface area contributed by atoms with E-state index in [-0.39, 0.29) is 12.1 Å². The Labute approximate surface area is 132 Å². The summed E-state index contributed by atoms with van der Waals surface area (Å²) in [7, 11) is 0. The highest BCUT2D eigenvalue weighted by Gasteiger charge is 2.30. The number of ether oxygens (including phenoxy) is 1. The first-order valence-electron chi connectivity index (χ1n) is 7.80. The minimum atomic E-state index is -0.494. The third kappa shape index (κ3) is 4.21. The van der Waals surface area contributed by atoms with E-state index in [1.54, 1.807) is 0 Å². The monoisotopic (exact) mass is 305 g/mol. The molecule has 0 aliphatic carbocycles. The van der Waals surface area contributed by atoms with Crippen molar-refractivity contribution >= 4 is 6.09 Å². The van der Waals surface area contributed by atoms with Crippen molar-refractivity contribution in [2.45, 2.75) is 58.5 Å². The lowest BCUT2D eigenvalue weighted by atomic mass is 10.1. The number of benzene rings is 1. The quantitative estimate of drug-likeness (QED) is 0.895. The Morgan fingerprint density at radius 3 is 2.32 bits per heavy atom. The number of rotatable bonds is 4. The van der Waals surface area contributed by atoms with E-state index in [4.69, 9.17) is 10.5 Å². The van der Waals surface area contributed by atoms with Crippen molar-refractivity contribution in [3.63, 3.8) is 0 Å². The van der Waals surface area contributed by atoms with Crippen molar-refractivity contribution in [2.24, 2.45) is 5.73 Å². The number of amides is 1. The molecule has 1 aromatic carbocycles. The van der Waals surface area contributed by atoms with Gasteiger partial charge in [0.2, 0.25) is 0 Å². The van der Waals surface area contributed by atoms with Gasteiger partial charge in [-0.1, -0.05) is 24.3 Å². The standard InChI is InChI=1S/C17H27N3O2/c1-12(19-16(21)22-17(2,3)4)15(9-18)20-10-13-7-5-6-8-14(13)11-20/h5-8,12,15H,9-11,18H2,1-4H3,(H,19,21). The number of nitrogens with one attached hydrogen (secondary N) is 1. The van der Waals surface area contributed by atoms with Gasteiger partial charge in [0.15, 0.2) is 0 Å². The van der Waals surface area contributed by atoms with Crippen LogP contribution in [0.5, 0.6) is 0 Å². The van der Waals surface area contributed by atoms with Crippen molar-refractivity contribution in [1.29, 1.82) is 0 Å². The molecule has 2 atom stereocenters. The van der Waals surface area contributed by atoms with Crippen LogP contribution >= 0.6 is 0 Å². The number of nitrogens with two attached hydrogens (primary N) is 1. The first-order chi connectivity index (χ1) is 10.3. The van der Waals surface area contributed by atoms with Crippen LogP contribution in [-0.2, 0) is 17.8 Å². The average molecular weight is 305 g/mol. The number of carbonyl (C=O) groups excluding carboxylic acids is 1. The number of hydrogen-bond donors (Lipinski definition) is 2. The lowest BCUT2D eigenvalue weighted by molar-refractivity contribution is 0.0468. The molecular weight excluding hydrogens is 278 g/mol. The van der Waals surface area contributed by atoms with E-state index < -0.39 is 11.7 Å². The fourth-order valence-corrected chi connectivity index (χ4v) is 2.85. The summed E-state index contributed by atoms with van der Waals surface area (Å²) in [6.07, 6.45) is -0.393. The van der Waals surface area contributed by atoms with Gasteiger partial charge in [-0.2, -0.15) is 0 Å². The van der Waals surface area contributed by atoms with Gasteiger partial charge in [0.05, 0.1) is 0 Å². The summed E-state index contributed by atoms with van der Waals surface area (Å²) in [4.78, 5) is 14.2. The number of alkyl carbamates (subject to hydrolysis) is 1. The Bertz CT molecular complexity index is 500. The van der Waals surface area contributed by atoms with Crippen LogP contribution in [0.1, 0.15) is 38.8 Å². The third-order valence-electron chi connectivity index (χ3n) is 3.90. The molecule has 0 fully saturated rings. The number of nitrogens with zero attached hydrogens (tertiary/aromatic N) is 1. The molecule has 5 heteroatoms. The summed E-state index contributed by atoms with van der Waals surface area (Å²) in [6, 6.07) is 8.42. The second-order valence-electron chi connectivity index (χ2n) is 6.91. The summed E-state index contributed by atoms with van der Waals surface area (Å²) in [5.41, 5.74) is 8.14. The number of hydrogen-bond acceptors (Lipinski definition) is 4. The fourth-order valence-electron chi connectivity index (χ4n) is 2.85. The van der Waals surface area contributed by atoms with E-state index in [9.17, 15) is 4.79 Å². The summed E-state index contributed by atoms with van der Waals surface area (Å²) >= 11 is 0. The molecule has 1 aliphatic rings. The smallest absolute Gasteiger partial charge is 0.407 e. The number of fused-ring (bicyclic) bond motifs is 1. The summed E-state index contributed by atoms with van der Waals surface area (Å²) in [5, 5.41) is 2.91. The SMILES string of the molecule is CC(NC(=O)OC(C)(C)C)C(CN)N1Cc2ccccc2C1. The van der Waals surface area contributed by atoms with Crippen molar-refractivity contribution in [1.82, 2.24) is 10.2 Å². The molecule has 1 aliphatic heterocycles. The van der Waals surface area contributed by atoms with E-state index in [0.717, 1.165) is 13.1 Å². The minimum absolute atomic E-state index is 0.0748. The Balaban J connectivity index is 1.96. The van der Waals surface area contributed by atoms with Crippen LogP contribution in [0.25, 0.3) is 0 Å². The molecule has 0 saturated heterocycles. The second-order valence-corrected chi connectivity index (χ2v) is 6.91. The van der Waals surface area contributed by atoms with Crippen molar-refractivity contribution in [2.75, 3.05) is 6.54 Å². The molecule has 2 unspecified atom stereocenters. The van der Waals surface area contributed by atoms with Crippen molar-refractivity contribution in [3.8, 4) is 0 Å². The fraction of sp³-hybridized carbons (Fsp3) is 0.588. The van der Waals surface area contributed by atoms with Crippen LogP contribution in [-0.4, -0.2) is 35.2 Å². The van der Waals surface area contributed by atoms with Crippen LogP contribution in [0.2, 0.25) is 0 Å². The van der Waals surface area contributed by atoms with Gasteiger partial charge in [-0.25, -0.2) is 4.79 Å². The van der Waals surface area contributed by atoms with Crippen LogP contribution in [0.3, 0.4) is 0 Å². The van der Waals surface area contributed by atoms with Gasteiger partial charge in [-0.3, -0.25) is 4.90 Å². The zero-order valence-electron chi connectivity index (χ0n) is 13.9. The highest BCUT2D eigenvalue weighted by molar-refractivity contribution is 5.68. The first-order valence-corrected chi connectivity index (χ1v) is 7.80. The molecule has 1 aromatic rings. The van der Waals surface area contributed by atoms with Gasteiger partial charge in [-0.05, 0) is 38.8 Å². The Hall–Kier alpha value is -1.59. The predicted molar refractivity (Wildman–Crippen MR) is 87.4 cm³/mol. The zero-order valence-corrected chi connectivity index (χ0v) is 13.9. The maximum Gasteiger partial charge on any atom is 0.407 e. The van der Waals surface area contributed by atoms with Gasteiger partial charge in [0.1, 0.15) is 5.60 Å². The summed E-state index contributed by atoms with van der Waals surface area (Å²) in [5.74, 6) is 0. The van der Waals surface area contributed by atoms with Gasteiger partial charge in [-0.15, -0.1) is 0 Å². The molecule has 0 saturated carbocycles. The molecule has 0 aromatic heterocycles. The van der Waals surface area contributed by atoms with E-state index in [2.05, 4.69) is 34.5 Å². The lowest BCUT2D eigenvalue weighted by Crippen LogP contribution is -2.52. The molecule has 5 nitrogen and oxygen atoms in total. The third-order valence-corrected chi connectivity index (χ3v) is 3.90. The maximum absolute atomic E-state index is 11.9. The first kappa shape index (κ1) is 16.8. The average Bonchev–Trinajstić information content (AvgIpc) is 2.80. The van der Waals surface area contributed by atoms with E-state index >= 15 is 0 Å². The summed E-state index contributed by atoms with van der Waals surface area (Å²) < 4.78 is 5.32. The Morgan fingerprint density at radius 2 is 1.86 bits per heavy atom. The highest BCUT2D eigenvalue weighted by atomic mass is 16.6. The van der Waals surface area contributed by atoms with E-state index in [1.165, 1.54) is 11.1 Å². The van der Waals surface area contributed by atoms with Crippen molar-refractivity contribution < 1.29 is 9.53 Å². The van der Waals surface area contributed by atoms with E-state index in [0.29, 0.717) is 6.54 Å². The zero-order chi connectivity index (χ0) is 16.3. The molecule has 0 bridgehead atoms. The van der Waals surface area contributed by atoms with Crippen LogP contribution in [0.4, 0.5) is 4.79 Å². The summed E-state index contributed by atoms with van der Waals surface area (Å²) in [6.45, 7) is 9.78. The molecule has 22 heavy (non-hydrogen) atoms. The van der Waals surface area contributed by atoms with Gasteiger partial charge < -0.3 is 15.8 Å². The minimum Gasteiger partial charge on any atom is -0.444 e. The topological polar surface area (TPSA) is 67.6 Å². The molecule has 3 N–H and O–H groups in total. The number of carbonyl (C=O) groups is 1. The second kappa shape index (κ2) is 6.67. The molecule has 0 radical (unpaired) electrons. The lowest BCUT2D eigenvalue weighted by Gasteiger charge is -2.32. The molecule has 122 valence electrons. The van der Waals surface area contributed by atoms with Gasteiger partial charge in [0, 0.05) is 31.7 Å². The van der Waals surface area contributed by atoms with Crippen LogP contribution in [0, 0.1) is 0 Å². The van der Waals surface area contributed by atoms with Crippen molar-refractivity contribution in [3.05, 3.63) is 35.4 Å². The normalized spacial score (nSPS) is 17.7. The Kier molecular flexibility index (Phi) is 5.08. The molecule has 2 rings (SSSR count). The largest absolute Gasteiger partial charge is 0.444 e. The maximum atomic E-state index is 11.9. The molecule has 0 spiro atoms. The molecule has 1 amide bonds. The predicted octanol–water partition coefficient (Wildman–Crippen LogP) is 2.24. The van der Waals surface area contributed by atoms with Crippen LogP contribution < -0.4 is 11.1 Å². The van der Waals surface area contributed by atoms with Gasteiger partial charge >= 0.3 is 6.09 Å². The molecular formula is C17H27N3O2. The highest BCUT2D eigenvalue weighted by Crippen LogP contribution is 2.25. The Morgan fingerprint density at radius 1 is 1.32 bits per heavy atom.